The van der Waals surface area contributed by atoms with E-state index in [4.69, 9.17) is 4.74 Å². The number of benzene rings is 2. The average Bonchev–Trinajstić information content (AvgIpc) is 2.80. The van der Waals surface area contributed by atoms with Crippen molar-refractivity contribution >= 4 is 22.7 Å². The fraction of sp³-hybridized carbons (Fsp3) is 0.333. The molecule has 1 heterocycles. The Hall–Kier alpha value is -3.68. The Morgan fingerprint density at radius 2 is 1.81 bits per heavy atom. The summed E-state index contributed by atoms with van der Waals surface area (Å²) in [5.74, 6) is -0.311. The van der Waals surface area contributed by atoms with E-state index < -0.39 is 11.8 Å². The van der Waals surface area contributed by atoms with Gasteiger partial charge in [-0.05, 0) is 49.2 Å². The monoisotopic (exact) mass is 436 g/mol. The molecule has 8 heteroatoms. The Balaban J connectivity index is 1.50. The Bertz CT molecular complexity index is 1140. The highest BCUT2D eigenvalue weighted by Gasteiger charge is 2.11. The summed E-state index contributed by atoms with van der Waals surface area (Å²) in [6.45, 7) is 4.41. The van der Waals surface area contributed by atoms with E-state index in [1.165, 1.54) is 23.7 Å². The molecule has 2 N–H and O–H groups in total. The zero-order valence-electron chi connectivity index (χ0n) is 18.4. The van der Waals surface area contributed by atoms with E-state index in [1.54, 1.807) is 36.4 Å². The molecule has 168 valence electrons. The summed E-state index contributed by atoms with van der Waals surface area (Å²) in [6, 6.07) is 12.0. The number of nitrogens with zero attached hydrogens (tertiary/aromatic N) is 2. The van der Waals surface area contributed by atoms with Gasteiger partial charge < -0.3 is 4.74 Å². The van der Waals surface area contributed by atoms with Crippen molar-refractivity contribution in [1.82, 2.24) is 20.4 Å². The normalized spacial score (nSPS) is 10.7. The molecule has 0 spiro atoms. The number of aromatic nitrogens is 2. The van der Waals surface area contributed by atoms with Crippen molar-refractivity contribution in [2.24, 2.45) is 0 Å². The van der Waals surface area contributed by atoms with Crippen molar-refractivity contribution in [3.63, 3.8) is 0 Å². The van der Waals surface area contributed by atoms with E-state index in [0.717, 1.165) is 18.4 Å². The highest BCUT2D eigenvalue weighted by atomic mass is 16.5. The summed E-state index contributed by atoms with van der Waals surface area (Å²) in [5.41, 5.74) is 6.24. The standard InChI is InChI=1S/C24H28N4O4/c1-3-4-5-6-14-32-19-12-10-18(11-13-19)23(30)27-26-21(29)15-28-16-25-22-17(2)8-7-9-20(22)24(28)31/h7-13,16H,3-6,14-15H2,1-2H3,(H,26,29)(H,27,30). The van der Waals surface area contributed by atoms with Crippen LogP contribution in [0.5, 0.6) is 5.75 Å². The molecule has 3 rings (SSSR count). The lowest BCUT2D eigenvalue weighted by atomic mass is 10.1. The third kappa shape index (κ3) is 5.94. The lowest BCUT2D eigenvalue weighted by molar-refractivity contribution is -0.122. The molecule has 2 amide bonds. The van der Waals surface area contributed by atoms with Crippen molar-refractivity contribution < 1.29 is 14.3 Å². The van der Waals surface area contributed by atoms with Crippen molar-refractivity contribution in [1.29, 1.82) is 0 Å². The first-order chi connectivity index (χ1) is 15.5. The highest BCUT2D eigenvalue weighted by molar-refractivity contribution is 5.95. The van der Waals surface area contributed by atoms with Gasteiger partial charge in [0.05, 0.1) is 23.8 Å². The zero-order valence-corrected chi connectivity index (χ0v) is 18.4. The molecule has 0 aliphatic rings. The molecule has 0 bridgehead atoms. The number of fused-ring (bicyclic) bond motifs is 1. The molecule has 3 aromatic rings. The molecule has 0 aliphatic heterocycles. The van der Waals surface area contributed by atoms with Crippen molar-refractivity contribution in [3.05, 3.63) is 70.3 Å². The first-order valence-corrected chi connectivity index (χ1v) is 10.8. The second-order valence-corrected chi connectivity index (χ2v) is 7.58. The molecule has 1 aromatic heterocycles. The molecule has 2 aromatic carbocycles. The van der Waals surface area contributed by atoms with Gasteiger partial charge in [-0.2, -0.15) is 0 Å². The number of hydrazine groups is 1. The van der Waals surface area contributed by atoms with Gasteiger partial charge in [-0.3, -0.25) is 29.8 Å². The van der Waals surface area contributed by atoms with Gasteiger partial charge >= 0.3 is 0 Å². The average molecular weight is 437 g/mol. The number of aryl methyl sites for hydroxylation is 1. The van der Waals surface area contributed by atoms with E-state index in [-0.39, 0.29) is 12.1 Å². The number of rotatable bonds is 9. The van der Waals surface area contributed by atoms with Crippen LogP contribution >= 0.6 is 0 Å². The van der Waals surface area contributed by atoms with Crippen LogP contribution in [0, 0.1) is 6.92 Å². The maximum absolute atomic E-state index is 12.6. The van der Waals surface area contributed by atoms with Gasteiger partial charge in [0.2, 0.25) is 0 Å². The summed E-state index contributed by atoms with van der Waals surface area (Å²) in [5, 5.41) is 0.442. The highest BCUT2D eigenvalue weighted by Crippen LogP contribution is 2.13. The van der Waals surface area contributed by atoms with Crippen LogP contribution < -0.4 is 21.1 Å². The third-order valence-electron chi connectivity index (χ3n) is 5.07. The minimum absolute atomic E-state index is 0.263. The molecule has 32 heavy (non-hydrogen) atoms. The Morgan fingerprint density at radius 3 is 2.56 bits per heavy atom. The maximum atomic E-state index is 12.6. The van der Waals surface area contributed by atoms with Crippen LogP contribution in [0.2, 0.25) is 0 Å². The lowest BCUT2D eigenvalue weighted by Gasteiger charge is -2.10. The Labute approximate surface area is 186 Å². The van der Waals surface area contributed by atoms with Gasteiger partial charge in [-0.25, -0.2) is 4.98 Å². The van der Waals surface area contributed by atoms with Crippen LogP contribution in [0.25, 0.3) is 10.9 Å². The van der Waals surface area contributed by atoms with Crippen LogP contribution in [-0.4, -0.2) is 28.0 Å². The van der Waals surface area contributed by atoms with Gasteiger partial charge in [0, 0.05) is 5.56 Å². The molecule has 0 radical (unpaired) electrons. The number of hydrogen-bond donors (Lipinski definition) is 2. The van der Waals surface area contributed by atoms with Crippen LogP contribution in [0.3, 0.4) is 0 Å². The number of amides is 2. The topological polar surface area (TPSA) is 102 Å². The summed E-state index contributed by atoms with van der Waals surface area (Å²) in [4.78, 5) is 41.3. The maximum Gasteiger partial charge on any atom is 0.269 e. The predicted octanol–water partition coefficient (Wildman–Crippen LogP) is 3.13. The fourth-order valence-electron chi connectivity index (χ4n) is 3.26. The van der Waals surface area contributed by atoms with Gasteiger partial charge in [0.15, 0.2) is 0 Å². The Morgan fingerprint density at radius 1 is 1.03 bits per heavy atom. The third-order valence-corrected chi connectivity index (χ3v) is 5.07. The van der Waals surface area contributed by atoms with E-state index in [9.17, 15) is 14.4 Å². The van der Waals surface area contributed by atoms with Crippen molar-refractivity contribution in [3.8, 4) is 5.75 Å². The van der Waals surface area contributed by atoms with Gasteiger partial charge in [-0.15, -0.1) is 0 Å². The molecule has 0 aliphatic carbocycles. The number of carbonyl (C=O) groups is 2. The summed E-state index contributed by atoms with van der Waals surface area (Å²) in [6.07, 6.45) is 5.84. The molecular weight excluding hydrogens is 408 g/mol. The van der Waals surface area contributed by atoms with Crippen LogP contribution in [-0.2, 0) is 11.3 Å². The minimum Gasteiger partial charge on any atom is -0.494 e. The van der Waals surface area contributed by atoms with Crippen LogP contribution in [0.15, 0.2) is 53.6 Å². The van der Waals surface area contributed by atoms with Crippen molar-refractivity contribution in [2.75, 3.05) is 6.61 Å². The van der Waals surface area contributed by atoms with E-state index in [2.05, 4.69) is 22.8 Å². The molecule has 0 unspecified atom stereocenters. The zero-order chi connectivity index (χ0) is 22.9. The quantitative estimate of drug-likeness (QED) is 0.396. The van der Waals surface area contributed by atoms with E-state index in [1.807, 2.05) is 13.0 Å². The number of ether oxygens (including phenoxy) is 1. The smallest absolute Gasteiger partial charge is 0.269 e. The summed E-state index contributed by atoms with van der Waals surface area (Å²) in [7, 11) is 0. The lowest BCUT2D eigenvalue weighted by Crippen LogP contribution is -2.44. The largest absolute Gasteiger partial charge is 0.494 e. The molecule has 8 nitrogen and oxygen atoms in total. The predicted molar refractivity (Wildman–Crippen MR) is 122 cm³/mol. The van der Waals surface area contributed by atoms with Gasteiger partial charge in [0.25, 0.3) is 17.4 Å². The Kier molecular flexibility index (Phi) is 7.96. The second kappa shape index (κ2) is 11.1. The number of hydrogen-bond acceptors (Lipinski definition) is 5. The molecule has 0 atom stereocenters. The number of carbonyl (C=O) groups excluding carboxylic acids is 2. The van der Waals surface area contributed by atoms with Gasteiger partial charge in [0.1, 0.15) is 12.3 Å². The van der Waals surface area contributed by atoms with Crippen molar-refractivity contribution in [2.45, 2.75) is 46.1 Å². The SMILES string of the molecule is CCCCCCOc1ccc(C(=O)NNC(=O)Cn2cnc3c(C)cccc3c2=O)cc1. The van der Waals surface area contributed by atoms with E-state index in [0.29, 0.717) is 28.8 Å². The van der Waals surface area contributed by atoms with Crippen LogP contribution in [0.1, 0.15) is 48.5 Å². The van der Waals surface area contributed by atoms with Crippen LogP contribution in [0.4, 0.5) is 0 Å². The number of para-hydroxylation sites is 1. The van der Waals surface area contributed by atoms with Gasteiger partial charge in [-0.1, -0.05) is 38.3 Å². The first kappa shape index (κ1) is 23.0. The first-order valence-electron chi connectivity index (χ1n) is 10.8. The summed E-state index contributed by atoms with van der Waals surface area (Å²) < 4.78 is 6.87. The number of nitrogens with one attached hydrogen (secondary N) is 2. The minimum atomic E-state index is -0.540. The molecule has 0 fully saturated rings. The summed E-state index contributed by atoms with van der Waals surface area (Å²) >= 11 is 0. The molecule has 0 saturated heterocycles. The fourth-order valence-corrected chi connectivity index (χ4v) is 3.26. The molecular formula is C24H28N4O4. The number of unbranched alkanes of at least 4 members (excludes halogenated alkanes) is 3. The van der Waals surface area contributed by atoms with E-state index >= 15 is 0 Å². The molecule has 0 saturated carbocycles. The second-order valence-electron chi connectivity index (χ2n) is 7.58.